The molecular weight excluding hydrogens is 256 g/mol. The predicted molar refractivity (Wildman–Crippen MR) is 80.8 cm³/mol. The summed E-state index contributed by atoms with van der Waals surface area (Å²) in [4.78, 5) is 6.46. The Morgan fingerprint density at radius 2 is 2.11 bits per heavy atom. The van der Waals surface area contributed by atoms with Gasteiger partial charge in [-0.2, -0.15) is 0 Å². The average molecular weight is 282 g/mol. The summed E-state index contributed by atoms with van der Waals surface area (Å²) >= 11 is 1.90. The second-order valence-electron chi connectivity index (χ2n) is 5.69. The zero-order valence-electron chi connectivity index (χ0n) is 12.6. The van der Waals surface area contributed by atoms with Gasteiger partial charge in [-0.05, 0) is 38.1 Å². The van der Waals surface area contributed by atoms with Crippen LogP contribution in [0.5, 0.6) is 0 Å². The zero-order valence-corrected chi connectivity index (χ0v) is 13.4. The Morgan fingerprint density at radius 3 is 2.68 bits per heavy atom. The quantitative estimate of drug-likeness (QED) is 0.870. The molecule has 0 saturated carbocycles. The lowest BCUT2D eigenvalue weighted by Gasteiger charge is -2.36. The van der Waals surface area contributed by atoms with Crippen molar-refractivity contribution in [3.63, 3.8) is 0 Å². The minimum atomic E-state index is -0.133. The molecule has 0 fully saturated rings. The first-order valence-electron chi connectivity index (χ1n) is 7.37. The first-order chi connectivity index (χ1) is 9.14. The topological polar surface area (TPSA) is 34.1 Å². The van der Waals surface area contributed by atoms with Crippen molar-refractivity contribution in [2.75, 3.05) is 20.3 Å². The monoisotopic (exact) mass is 282 g/mol. The van der Waals surface area contributed by atoms with Crippen LogP contribution >= 0.6 is 11.3 Å². The molecule has 0 saturated heterocycles. The second-order valence-corrected chi connectivity index (χ2v) is 6.77. The van der Waals surface area contributed by atoms with E-state index < -0.39 is 0 Å². The number of nitrogens with zero attached hydrogens (tertiary/aromatic N) is 1. The molecule has 0 aromatic carbocycles. The molecule has 1 aliphatic rings. The molecule has 1 heterocycles. The third-order valence-electron chi connectivity index (χ3n) is 4.08. The van der Waals surface area contributed by atoms with Gasteiger partial charge in [0, 0.05) is 12.0 Å². The maximum absolute atomic E-state index is 5.51. The Bertz CT molecular complexity index is 385. The molecule has 1 N–H and O–H groups in total. The van der Waals surface area contributed by atoms with Crippen molar-refractivity contribution < 1.29 is 4.74 Å². The van der Waals surface area contributed by atoms with Crippen LogP contribution in [-0.4, -0.2) is 25.2 Å². The summed E-state index contributed by atoms with van der Waals surface area (Å²) in [5, 5.41) is 4.87. The van der Waals surface area contributed by atoms with Crippen molar-refractivity contribution in [2.24, 2.45) is 5.92 Å². The van der Waals surface area contributed by atoms with Gasteiger partial charge in [0.15, 0.2) is 0 Å². The fourth-order valence-corrected chi connectivity index (χ4v) is 4.34. The van der Waals surface area contributed by atoms with Crippen molar-refractivity contribution in [1.29, 1.82) is 0 Å². The highest BCUT2D eigenvalue weighted by atomic mass is 32.1. The van der Waals surface area contributed by atoms with Crippen molar-refractivity contribution in [2.45, 2.75) is 52.0 Å². The lowest BCUT2D eigenvalue weighted by atomic mass is 9.87. The van der Waals surface area contributed by atoms with Gasteiger partial charge in [-0.25, -0.2) is 4.98 Å². The van der Waals surface area contributed by atoms with Crippen LogP contribution in [0.4, 0.5) is 0 Å². The number of nitrogens with one attached hydrogen (secondary N) is 1. The van der Waals surface area contributed by atoms with Crippen molar-refractivity contribution in [3.05, 3.63) is 15.6 Å². The molecule has 0 bridgehead atoms. The fraction of sp³-hybridized carbons (Fsp3) is 0.800. The molecule has 1 aliphatic carbocycles. The number of hydrogen-bond donors (Lipinski definition) is 1. The number of aromatic nitrogens is 1. The van der Waals surface area contributed by atoms with Crippen LogP contribution in [0.1, 0.15) is 49.2 Å². The number of methoxy groups -OCH3 is 1. The predicted octanol–water partition coefficient (Wildman–Crippen LogP) is 3.13. The molecule has 0 aliphatic heterocycles. The van der Waals surface area contributed by atoms with Gasteiger partial charge in [0.25, 0.3) is 0 Å². The molecule has 0 amide bonds. The maximum Gasteiger partial charge on any atom is 0.116 e. The van der Waals surface area contributed by atoms with Gasteiger partial charge in [0.2, 0.25) is 0 Å². The van der Waals surface area contributed by atoms with Crippen LogP contribution in [0.15, 0.2) is 0 Å². The van der Waals surface area contributed by atoms with Gasteiger partial charge >= 0.3 is 0 Å². The van der Waals surface area contributed by atoms with Gasteiger partial charge < -0.3 is 10.1 Å². The SMILES string of the molecule is CCNC(COC)(c1nc2c(s1)CCCC2)C(C)C. The van der Waals surface area contributed by atoms with E-state index >= 15 is 0 Å². The van der Waals surface area contributed by atoms with E-state index in [1.165, 1.54) is 34.8 Å². The summed E-state index contributed by atoms with van der Waals surface area (Å²) < 4.78 is 5.51. The van der Waals surface area contributed by atoms with Crippen LogP contribution in [0.2, 0.25) is 0 Å². The van der Waals surface area contributed by atoms with E-state index in [1.54, 1.807) is 7.11 Å². The van der Waals surface area contributed by atoms with Crippen molar-refractivity contribution >= 4 is 11.3 Å². The summed E-state index contributed by atoms with van der Waals surface area (Å²) in [7, 11) is 1.78. The van der Waals surface area contributed by atoms with E-state index in [4.69, 9.17) is 9.72 Å². The van der Waals surface area contributed by atoms with Crippen LogP contribution in [-0.2, 0) is 23.1 Å². The Kier molecular flexibility index (Phi) is 4.98. The number of fused-ring (bicyclic) bond motifs is 1. The number of aryl methyl sites for hydroxylation is 2. The summed E-state index contributed by atoms with van der Waals surface area (Å²) in [6, 6.07) is 0. The van der Waals surface area contributed by atoms with Gasteiger partial charge in [-0.3, -0.25) is 0 Å². The summed E-state index contributed by atoms with van der Waals surface area (Å²) in [5.74, 6) is 0.458. The van der Waals surface area contributed by atoms with Gasteiger partial charge in [0.1, 0.15) is 5.01 Å². The van der Waals surface area contributed by atoms with Gasteiger partial charge in [-0.15, -0.1) is 11.3 Å². The number of ether oxygens (including phenoxy) is 1. The molecule has 0 radical (unpaired) electrons. The highest BCUT2D eigenvalue weighted by Gasteiger charge is 2.39. The van der Waals surface area contributed by atoms with Crippen molar-refractivity contribution in [3.8, 4) is 0 Å². The first kappa shape index (κ1) is 14.9. The lowest BCUT2D eigenvalue weighted by Crippen LogP contribution is -2.50. The molecule has 2 rings (SSSR count). The third-order valence-corrected chi connectivity index (χ3v) is 5.41. The first-order valence-corrected chi connectivity index (χ1v) is 8.18. The van der Waals surface area contributed by atoms with E-state index in [1.807, 2.05) is 11.3 Å². The highest BCUT2D eigenvalue weighted by molar-refractivity contribution is 7.11. The minimum Gasteiger partial charge on any atom is -0.382 e. The van der Waals surface area contributed by atoms with E-state index in [9.17, 15) is 0 Å². The van der Waals surface area contributed by atoms with Crippen LogP contribution in [0, 0.1) is 5.92 Å². The smallest absolute Gasteiger partial charge is 0.116 e. The maximum atomic E-state index is 5.51. The van der Waals surface area contributed by atoms with E-state index in [0.717, 1.165) is 13.0 Å². The standard InChI is InChI=1S/C15H26N2OS/c1-5-16-15(10-18-4,11(2)3)14-17-12-8-6-7-9-13(12)19-14/h11,16H,5-10H2,1-4H3. The number of hydrogen-bond acceptors (Lipinski definition) is 4. The van der Waals surface area contributed by atoms with Crippen LogP contribution in [0.3, 0.4) is 0 Å². The Hall–Kier alpha value is -0.450. The van der Waals surface area contributed by atoms with Crippen molar-refractivity contribution in [1.82, 2.24) is 10.3 Å². The largest absolute Gasteiger partial charge is 0.382 e. The molecule has 1 aromatic rings. The fourth-order valence-electron chi connectivity index (χ4n) is 2.89. The summed E-state index contributed by atoms with van der Waals surface area (Å²) in [6.45, 7) is 8.28. The van der Waals surface area contributed by atoms with Gasteiger partial charge in [-0.1, -0.05) is 20.8 Å². The van der Waals surface area contributed by atoms with Gasteiger partial charge in [0.05, 0.1) is 17.8 Å². The normalized spacial score (nSPS) is 18.4. The Morgan fingerprint density at radius 1 is 1.37 bits per heavy atom. The molecule has 3 nitrogen and oxygen atoms in total. The van der Waals surface area contributed by atoms with Crippen LogP contribution in [0.25, 0.3) is 0 Å². The summed E-state index contributed by atoms with van der Waals surface area (Å²) in [6.07, 6.45) is 4.96. The number of likely N-dealkylation sites (N-methyl/N-ethyl adjacent to an activating group) is 1. The Balaban J connectivity index is 2.38. The number of rotatable bonds is 6. The van der Waals surface area contributed by atoms with Crippen LogP contribution < -0.4 is 5.32 Å². The Labute approximate surface area is 120 Å². The molecule has 1 unspecified atom stereocenters. The minimum absolute atomic E-state index is 0.133. The second kappa shape index (κ2) is 6.33. The number of thiazole rings is 1. The van der Waals surface area contributed by atoms with E-state index in [2.05, 4.69) is 26.1 Å². The molecular formula is C15H26N2OS. The zero-order chi connectivity index (χ0) is 13.9. The summed E-state index contributed by atoms with van der Waals surface area (Å²) in [5.41, 5.74) is 1.20. The molecule has 108 valence electrons. The molecule has 1 atom stereocenters. The highest BCUT2D eigenvalue weighted by Crippen LogP contribution is 2.36. The molecule has 1 aromatic heterocycles. The molecule has 0 spiro atoms. The third kappa shape index (κ3) is 2.86. The molecule has 4 heteroatoms. The molecule has 19 heavy (non-hydrogen) atoms. The van der Waals surface area contributed by atoms with E-state index in [0.29, 0.717) is 12.5 Å². The average Bonchev–Trinajstić information content (AvgIpc) is 2.82. The lowest BCUT2D eigenvalue weighted by molar-refractivity contribution is 0.0773. The van der Waals surface area contributed by atoms with E-state index in [-0.39, 0.29) is 5.54 Å².